The highest BCUT2D eigenvalue weighted by Crippen LogP contribution is 2.33. The zero-order valence-electron chi connectivity index (χ0n) is 18.5. The van der Waals surface area contributed by atoms with Gasteiger partial charge in [0.25, 0.3) is 0 Å². The molecular formula is C29H29INP. The van der Waals surface area contributed by atoms with Crippen molar-refractivity contribution in [1.82, 2.24) is 4.98 Å². The van der Waals surface area contributed by atoms with Crippen molar-refractivity contribution < 1.29 is 0 Å². The van der Waals surface area contributed by atoms with Crippen LogP contribution in [0.5, 0.6) is 0 Å². The van der Waals surface area contributed by atoms with E-state index in [-0.39, 0.29) is 24.0 Å². The molecule has 162 valence electrons. The molecule has 0 atom stereocenters. The monoisotopic (exact) mass is 549 g/mol. The van der Waals surface area contributed by atoms with Gasteiger partial charge in [-0.3, -0.25) is 0 Å². The van der Waals surface area contributed by atoms with Crippen LogP contribution in [0.25, 0.3) is 10.9 Å². The first-order chi connectivity index (χ1) is 15.3. The Hall–Kier alpha value is -2.42. The van der Waals surface area contributed by atoms with Crippen LogP contribution in [0, 0.1) is 6.92 Å². The Morgan fingerprint density at radius 1 is 0.688 bits per heavy atom. The third-order valence-electron chi connectivity index (χ3n) is 5.41. The Bertz CT molecular complexity index is 1190. The lowest BCUT2D eigenvalue weighted by atomic mass is 10.1. The third kappa shape index (κ3) is 5.88. The Morgan fingerprint density at radius 2 is 1.28 bits per heavy atom. The Kier molecular flexibility index (Phi) is 9.08. The fraction of sp³-hybridized carbons (Fsp3) is 0.103. The van der Waals surface area contributed by atoms with E-state index >= 15 is 0 Å². The maximum atomic E-state index is 3.17. The minimum atomic E-state index is -0.467. The van der Waals surface area contributed by atoms with Gasteiger partial charge in [-0.15, -0.1) is 24.0 Å². The molecule has 0 bridgehead atoms. The molecule has 0 aliphatic heterocycles. The first kappa shape index (κ1) is 24.2. The van der Waals surface area contributed by atoms with E-state index in [1.165, 1.54) is 37.9 Å². The number of aryl methyl sites for hydroxylation is 2. The number of H-pyrrole nitrogens is 1. The molecule has 5 aromatic rings. The molecule has 5 rings (SSSR count). The quantitative estimate of drug-likeness (QED) is 0.182. The van der Waals surface area contributed by atoms with Gasteiger partial charge >= 0.3 is 0 Å². The molecule has 0 aliphatic rings. The standard InChI is InChI=1S/C19H17P.C10H11N.HI/c1-16-10-8-9-15-19(16)20(17-11-4-2-5-12-17)18-13-6-3-7-14-18;1-2-8-3-4-10-9(7-8)5-6-11-10;/h2-15H,1H3;3-7,11H,2H2,1H3;1H. The molecule has 3 heteroatoms. The third-order valence-corrected chi connectivity index (χ3v) is 8.02. The highest BCUT2D eigenvalue weighted by atomic mass is 127. The van der Waals surface area contributed by atoms with Crippen molar-refractivity contribution in [1.29, 1.82) is 0 Å². The molecule has 0 fully saturated rings. The number of nitrogens with one attached hydrogen (secondary N) is 1. The van der Waals surface area contributed by atoms with Gasteiger partial charge < -0.3 is 4.98 Å². The van der Waals surface area contributed by atoms with Crippen LogP contribution in [-0.4, -0.2) is 4.98 Å². The van der Waals surface area contributed by atoms with Gasteiger partial charge in [0.05, 0.1) is 0 Å². The van der Waals surface area contributed by atoms with Crippen LogP contribution in [0.15, 0.2) is 115 Å². The second-order valence-electron chi connectivity index (χ2n) is 7.55. The molecular weight excluding hydrogens is 520 g/mol. The van der Waals surface area contributed by atoms with Gasteiger partial charge in [-0.25, -0.2) is 0 Å². The Morgan fingerprint density at radius 3 is 1.88 bits per heavy atom. The minimum Gasteiger partial charge on any atom is -0.361 e. The van der Waals surface area contributed by atoms with E-state index in [2.05, 4.69) is 128 Å². The number of halogens is 1. The fourth-order valence-corrected chi connectivity index (χ4v) is 6.18. The first-order valence-corrected chi connectivity index (χ1v) is 12.1. The molecule has 0 spiro atoms. The highest BCUT2D eigenvalue weighted by molar-refractivity contribution is 14.0. The molecule has 1 nitrogen and oxygen atoms in total. The van der Waals surface area contributed by atoms with Crippen molar-refractivity contribution in [2.45, 2.75) is 20.3 Å². The summed E-state index contributed by atoms with van der Waals surface area (Å²) in [6.07, 6.45) is 3.09. The molecule has 1 N–H and O–H groups in total. The lowest BCUT2D eigenvalue weighted by molar-refractivity contribution is 1.15. The van der Waals surface area contributed by atoms with Crippen molar-refractivity contribution in [3.63, 3.8) is 0 Å². The number of fused-ring (bicyclic) bond motifs is 1. The van der Waals surface area contributed by atoms with Crippen LogP contribution < -0.4 is 15.9 Å². The average Bonchev–Trinajstić information content (AvgIpc) is 3.30. The number of rotatable bonds is 4. The summed E-state index contributed by atoms with van der Waals surface area (Å²) in [4.78, 5) is 3.17. The van der Waals surface area contributed by atoms with E-state index in [9.17, 15) is 0 Å². The van der Waals surface area contributed by atoms with E-state index in [1.807, 2.05) is 6.20 Å². The summed E-state index contributed by atoms with van der Waals surface area (Å²) in [6, 6.07) is 39.0. The van der Waals surface area contributed by atoms with Gasteiger partial charge in [-0.05, 0) is 71.9 Å². The van der Waals surface area contributed by atoms with E-state index in [0.717, 1.165) is 6.42 Å². The molecule has 4 aromatic carbocycles. The predicted molar refractivity (Wildman–Crippen MR) is 153 cm³/mol. The van der Waals surface area contributed by atoms with E-state index in [1.54, 1.807) is 0 Å². The van der Waals surface area contributed by atoms with Crippen LogP contribution in [-0.2, 0) is 6.42 Å². The lowest BCUT2D eigenvalue weighted by Crippen LogP contribution is -2.22. The average molecular weight is 549 g/mol. The molecule has 0 amide bonds. The molecule has 0 aliphatic carbocycles. The summed E-state index contributed by atoms with van der Waals surface area (Å²) < 4.78 is 0. The SMILES string of the molecule is CCc1ccc2[nH]ccc2c1.Cc1ccccc1P(c1ccccc1)c1ccccc1.I. The molecule has 0 radical (unpaired) electrons. The van der Waals surface area contributed by atoms with E-state index < -0.39 is 7.92 Å². The van der Waals surface area contributed by atoms with Gasteiger partial charge in [0.2, 0.25) is 0 Å². The summed E-state index contributed by atoms with van der Waals surface area (Å²) in [5.41, 5.74) is 3.99. The topological polar surface area (TPSA) is 15.8 Å². The summed E-state index contributed by atoms with van der Waals surface area (Å²) >= 11 is 0. The first-order valence-electron chi connectivity index (χ1n) is 10.8. The van der Waals surface area contributed by atoms with Crippen LogP contribution in [0.2, 0.25) is 0 Å². The number of aromatic nitrogens is 1. The molecule has 1 heterocycles. The molecule has 0 saturated heterocycles. The van der Waals surface area contributed by atoms with Crippen LogP contribution >= 0.6 is 31.9 Å². The van der Waals surface area contributed by atoms with Crippen molar-refractivity contribution >= 4 is 58.7 Å². The van der Waals surface area contributed by atoms with Gasteiger partial charge in [0, 0.05) is 11.7 Å². The molecule has 0 saturated carbocycles. The highest BCUT2D eigenvalue weighted by Gasteiger charge is 2.17. The molecule has 32 heavy (non-hydrogen) atoms. The largest absolute Gasteiger partial charge is 0.361 e. The normalized spacial score (nSPS) is 10.3. The van der Waals surface area contributed by atoms with Crippen LogP contribution in [0.4, 0.5) is 0 Å². The molecule has 0 unspecified atom stereocenters. The summed E-state index contributed by atoms with van der Waals surface area (Å²) in [6.45, 7) is 4.38. The Balaban J connectivity index is 0.000000204. The summed E-state index contributed by atoms with van der Waals surface area (Å²) in [5.74, 6) is 0. The number of aromatic amines is 1. The summed E-state index contributed by atoms with van der Waals surface area (Å²) in [7, 11) is -0.467. The maximum absolute atomic E-state index is 3.17. The second-order valence-corrected chi connectivity index (χ2v) is 9.73. The van der Waals surface area contributed by atoms with Crippen molar-refractivity contribution in [3.05, 3.63) is 127 Å². The lowest BCUT2D eigenvalue weighted by Gasteiger charge is -2.21. The van der Waals surface area contributed by atoms with Gasteiger partial charge in [0.1, 0.15) is 0 Å². The van der Waals surface area contributed by atoms with Crippen molar-refractivity contribution in [3.8, 4) is 0 Å². The van der Waals surface area contributed by atoms with Gasteiger partial charge in [-0.1, -0.05) is 97.9 Å². The van der Waals surface area contributed by atoms with E-state index in [0.29, 0.717) is 0 Å². The second kappa shape index (κ2) is 12.0. The maximum Gasteiger partial charge on any atom is 0.0454 e. The van der Waals surface area contributed by atoms with Crippen molar-refractivity contribution in [2.75, 3.05) is 0 Å². The smallest absolute Gasteiger partial charge is 0.0454 e. The number of hydrogen-bond acceptors (Lipinski definition) is 0. The van der Waals surface area contributed by atoms with Gasteiger partial charge in [-0.2, -0.15) is 0 Å². The van der Waals surface area contributed by atoms with Gasteiger partial charge in [0.15, 0.2) is 0 Å². The zero-order chi connectivity index (χ0) is 21.5. The fourth-order valence-electron chi connectivity index (χ4n) is 3.72. The number of hydrogen-bond donors (Lipinski definition) is 1. The number of benzene rings is 4. The van der Waals surface area contributed by atoms with Crippen molar-refractivity contribution in [2.24, 2.45) is 0 Å². The zero-order valence-corrected chi connectivity index (χ0v) is 21.8. The predicted octanol–water partition coefficient (Wildman–Crippen LogP) is 7.10. The van der Waals surface area contributed by atoms with E-state index in [4.69, 9.17) is 0 Å². The molecule has 1 aromatic heterocycles. The van der Waals surface area contributed by atoms with Crippen LogP contribution in [0.3, 0.4) is 0 Å². The summed E-state index contributed by atoms with van der Waals surface area (Å²) in [5, 5.41) is 5.57. The minimum absolute atomic E-state index is 0. The van der Waals surface area contributed by atoms with Crippen LogP contribution in [0.1, 0.15) is 18.1 Å². The Labute approximate surface area is 209 Å².